The third kappa shape index (κ3) is 1.57. The minimum Gasteiger partial charge on any atom is -0.374 e. The van der Waals surface area contributed by atoms with Gasteiger partial charge in [0.25, 0.3) is 0 Å². The maximum absolute atomic E-state index is 3.72. The molecule has 10 heavy (non-hydrogen) atoms. The minimum atomic E-state index is 0.912. The molecule has 1 N–H and O–H groups in total. The second-order valence-corrected chi connectivity index (χ2v) is 2.40. The van der Waals surface area contributed by atoms with E-state index in [1.165, 1.54) is 5.70 Å². The summed E-state index contributed by atoms with van der Waals surface area (Å²) in [6.07, 6.45) is 1.80. The molecular weight excluding hydrogens is 126 g/mol. The van der Waals surface area contributed by atoms with E-state index in [1.54, 1.807) is 6.20 Å². The van der Waals surface area contributed by atoms with Gasteiger partial charge in [0.2, 0.25) is 0 Å². The summed E-state index contributed by atoms with van der Waals surface area (Å²) >= 11 is 0. The molecule has 1 aliphatic rings. The van der Waals surface area contributed by atoms with Gasteiger partial charge in [0.1, 0.15) is 0 Å². The van der Waals surface area contributed by atoms with E-state index in [4.69, 9.17) is 0 Å². The lowest BCUT2D eigenvalue weighted by atomic mass is 10.3. The van der Waals surface area contributed by atoms with Crippen molar-refractivity contribution in [3.05, 3.63) is 11.9 Å². The molecule has 0 unspecified atom stereocenters. The number of aliphatic imine (C=N–C) groups is 1. The normalized spacial score (nSPS) is 23.3. The molecule has 0 amide bonds. The Morgan fingerprint density at radius 2 is 2.60 bits per heavy atom. The third-order valence-corrected chi connectivity index (χ3v) is 1.66. The highest BCUT2D eigenvalue weighted by Gasteiger charge is 2.08. The SMILES string of the molecule is C=NC=C1CNCCN1C. The zero-order valence-electron chi connectivity index (χ0n) is 6.30. The Morgan fingerprint density at radius 3 is 3.20 bits per heavy atom. The van der Waals surface area contributed by atoms with Gasteiger partial charge in [-0.05, 0) is 6.72 Å². The topological polar surface area (TPSA) is 27.6 Å². The lowest BCUT2D eigenvalue weighted by Crippen LogP contribution is -2.39. The maximum Gasteiger partial charge on any atom is 0.0465 e. The smallest absolute Gasteiger partial charge is 0.0465 e. The van der Waals surface area contributed by atoms with Crippen LogP contribution >= 0.6 is 0 Å². The molecule has 56 valence electrons. The zero-order chi connectivity index (χ0) is 7.40. The van der Waals surface area contributed by atoms with Gasteiger partial charge in [-0.1, -0.05) is 0 Å². The number of hydrogen-bond donors (Lipinski definition) is 1. The number of nitrogens with one attached hydrogen (secondary N) is 1. The van der Waals surface area contributed by atoms with Gasteiger partial charge in [-0.25, -0.2) is 0 Å². The molecule has 1 aliphatic heterocycles. The van der Waals surface area contributed by atoms with Crippen molar-refractivity contribution in [2.24, 2.45) is 4.99 Å². The van der Waals surface area contributed by atoms with Crippen LogP contribution in [-0.4, -0.2) is 38.3 Å². The van der Waals surface area contributed by atoms with Gasteiger partial charge in [-0.2, -0.15) is 0 Å². The van der Waals surface area contributed by atoms with Crippen LogP contribution in [0.1, 0.15) is 0 Å². The first kappa shape index (κ1) is 7.28. The van der Waals surface area contributed by atoms with Crippen LogP contribution in [0, 0.1) is 0 Å². The average Bonchev–Trinajstić information content (AvgIpc) is 1.94. The number of nitrogens with zero attached hydrogens (tertiary/aromatic N) is 2. The van der Waals surface area contributed by atoms with Crippen LogP contribution in [0.3, 0.4) is 0 Å². The van der Waals surface area contributed by atoms with E-state index < -0.39 is 0 Å². The van der Waals surface area contributed by atoms with E-state index in [2.05, 4.69) is 29.0 Å². The number of hydrogen-bond acceptors (Lipinski definition) is 3. The molecule has 0 aromatic rings. The van der Waals surface area contributed by atoms with E-state index >= 15 is 0 Å². The average molecular weight is 139 g/mol. The van der Waals surface area contributed by atoms with Crippen LogP contribution in [0.4, 0.5) is 0 Å². The summed E-state index contributed by atoms with van der Waals surface area (Å²) in [5.41, 5.74) is 1.21. The lowest BCUT2D eigenvalue weighted by molar-refractivity contribution is 0.357. The Hall–Kier alpha value is -0.830. The van der Waals surface area contributed by atoms with Crippen molar-refractivity contribution in [3.63, 3.8) is 0 Å². The van der Waals surface area contributed by atoms with Crippen LogP contribution in [0.15, 0.2) is 16.9 Å². The van der Waals surface area contributed by atoms with E-state index in [0.717, 1.165) is 19.6 Å². The second-order valence-electron chi connectivity index (χ2n) is 2.40. The van der Waals surface area contributed by atoms with Crippen molar-refractivity contribution in [2.75, 3.05) is 26.7 Å². The summed E-state index contributed by atoms with van der Waals surface area (Å²) in [7, 11) is 2.07. The quantitative estimate of drug-likeness (QED) is 0.520. The monoisotopic (exact) mass is 139 g/mol. The Kier molecular flexibility index (Phi) is 2.45. The van der Waals surface area contributed by atoms with Crippen LogP contribution in [0.25, 0.3) is 0 Å². The maximum atomic E-state index is 3.72. The van der Waals surface area contributed by atoms with Gasteiger partial charge in [-0.3, -0.25) is 4.99 Å². The number of piperazine rings is 1. The van der Waals surface area contributed by atoms with Crippen molar-refractivity contribution >= 4 is 6.72 Å². The highest BCUT2D eigenvalue weighted by Crippen LogP contribution is 2.02. The summed E-state index contributed by atoms with van der Waals surface area (Å²) in [4.78, 5) is 5.90. The Labute approximate surface area is 61.4 Å². The van der Waals surface area contributed by atoms with Crippen LogP contribution in [0.5, 0.6) is 0 Å². The van der Waals surface area contributed by atoms with Crippen molar-refractivity contribution < 1.29 is 0 Å². The molecule has 0 aromatic carbocycles. The molecule has 1 heterocycles. The largest absolute Gasteiger partial charge is 0.374 e. The molecule has 0 saturated carbocycles. The van der Waals surface area contributed by atoms with Gasteiger partial charge in [0.05, 0.1) is 0 Å². The molecule has 0 spiro atoms. The number of rotatable bonds is 1. The molecule has 3 nitrogen and oxygen atoms in total. The fraction of sp³-hybridized carbons (Fsp3) is 0.571. The fourth-order valence-electron chi connectivity index (χ4n) is 0.991. The molecule has 1 rings (SSSR count). The molecule has 0 aliphatic carbocycles. The zero-order valence-corrected chi connectivity index (χ0v) is 6.30. The van der Waals surface area contributed by atoms with Crippen molar-refractivity contribution in [2.45, 2.75) is 0 Å². The first-order valence-electron chi connectivity index (χ1n) is 3.41. The fourth-order valence-corrected chi connectivity index (χ4v) is 0.991. The van der Waals surface area contributed by atoms with E-state index in [9.17, 15) is 0 Å². The summed E-state index contributed by atoms with van der Waals surface area (Å²) < 4.78 is 0. The van der Waals surface area contributed by atoms with Crippen LogP contribution in [0.2, 0.25) is 0 Å². The summed E-state index contributed by atoms with van der Waals surface area (Å²) in [5.74, 6) is 0. The lowest BCUT2D eigenvalue weighted by Gasteiger charge is -2.27. The standard InChI is InChI=1S/C7H13N3/c1-8-5-7-6-9-3-4-10(7)2/h5,9H,1,3-4,6H2,2H3. The van der Waals surface area contributed by atoms with E-state index in [1.807, 2.05) is 0 Å². The highest BCUT2D eigenvalue weighted by atomic mass is 15.2. The summed E-state index contributed by atoms with van der Waals surface area (Å²) in [5, 5.41) is 3.25. The van der Waals surface area contributed by atoms with Crippen molar-refractivity contribution in [1.29, 1.82) is 0 Å². The predicted molar refractivity (Wildman–Crippen MR) is 43.1 cm³/mol. The first-order valence-corrected chi connectivity index (χ1v) is 3.41. The minimum absolute atomic E-state index is 0.912. The first-order chi connectivity index (χ1) is 4.84. The number of likely N-dealkylation sites (N-methyl/N-ethyl adjacent to an activating group) is 1. The van der Waals surface area contributed by atoms with E-state index in [-0.39, 0.29) is 0 Å². The third-order valence-electron chi connectivity index (χ3n) is 1.66. The predicted octanol–water partition coefficient (Wildman–Crippen LogP) is 0.0634. The summed E-state index contributed by atoms with van der Waals surface area (Å²) in [6.45, 7) is 6.44. The molecule has 0 aromatic heterocycles. The van der Waals surface area contributed by atoms with E-state index in [0.29, 0.717) is 0 Å². The van der Waals surface area contributed by atoms with Crippen LogP contribution < -0.4 is 5.32 Å². The Morgan fingerprint density at radius 1 is 1.80 bits per heavy atom. The molecule has 0 radical (unpaired) electrons. The van der Waals surface area contributed by atoms with Gasteiger partial charge < -0.3 is 10.2 Å². The summed E-state index contributed by atoms with van der Waals surface area (Å²) in [6, 6.07) is 0. The van der Waals surface area contributed by atoms with Crippen molar-refractivity contribution in [1.82, 2.24) is 10.2 Å². The molecule has 1 fully saturated rings. The van der Waals surface area contributed by atoms with Gasteiger partial charge in [0.15, 0.2) is 0 Å². The highest BCUT2D eigenvalue weighted by molar-refractivity contribution is 5.26. The van der Waals surface area contributed by atoms with Gasteiger partial charge in [-0.15, -0.1) is 0 Å². The Balaban J connectivity index is 2.55. The van der Waals surface area contributed by atoms with Gasteiger partial charge in [0, 0.05) is 38.6 Å². The van der Waals surface area contributed by atoms with Crippen molar-refractivity contribution in [3.8, 4) is 0 Å². The molecule has 3 heteroatoms. The second kappa shape index (κ2) is 3.37. The Bertz CT molecular complexity index is 151. The molecule has 1 saturated heterocycles. The van der Waals surface area contributed by atoms with Crippen LogP contribution in [-0.2, 0) is 0 Å². The van der Waals surface area contributed by atoms with Gasteiger partial charge >= 0.3 is 0 Å². The molecule has 0 atom stereocenters. The molecule has 0 bridgehead atoms. The molecular formula is C7H13N3.